The zero-order valence-electron chi connectivity index (χ0n) is 15.5. The first kappa shape index (κ1) is 22.7. The standard InChI is InChI=1S/C17H25ClN6O.HI/c1-5-19-17(23(2)11-16-21-12-22-24(16)3)20-10-15(25-4)13-7-6-8-14(18)9-13;/h6-9,12,15H,5,10-11H2,1-4H3,(H,19,20);1H. The van der Waals surface area contributed by atoms with Gasteiger partial charge in [-0.2, -0.15) is 5.10 Å². The van der Waals surface area contributed by atoms with Gasteiger partial charge in [0, 0.05) is 32.8 Å². The summed E-state index contributed by atoms with van der Waals surface area (Å²) in [6.07, 6.45) is 1.39. The fraction of sp³-hybridized carbons (Fsp3) is 0.471. The highest BCUT2D eigenvalue weighted by molar-refractivity contribution is 14.0. The molecule has 1 aromatic carbocycles. The van der Waals surface area contributed by atoms with E-state index in [9.17, 15) is 0 Å². The molecule has 1 heterocycles. The first-order valence-electron chi connectivity index (χ1n) is 8.15. The Kier molecular flexibility index (Phi) is 9.89. The van der Waals surface area contributed by atoms with Crippen molar-refractivity contribution in [3.05, 3.63) is 47.0 Å². The number of rotatable bonds is 7. The molecule has 0 radical (unpaired) electrons. The van der Waals surface area contributed by atoms with Gasteiger partial charge >= 0.3 is 0 Å². The number of guanidine groups is 1. The molecule has 7 nitrogen and oxygen atoms in total. The van der Waals surface area contributed by atoms with Crippen molar-refractivity contribution in [1.82, 2.24) is 25.0 Å². The molecule has 0 aliphatic rings. The highest BCUT2D eigenvalue weighted by atomic mass is 127. The summed E-state index contributed by atoms with van der Waals surface area (Å²) in [7, 11) is 5.52. The second-order valence-electron chi connectivity index (χ2n) is 5.63. The van der Waals surface area contributed by atoms with Crippen LogP contribution in [0.4, 0.5) is 0 Å². The minimum absolute atomic E-state index is 0. The molecule has 0 bridgehead atoms. The van der Waals surface area contributed by atoms with Crippen molar-refractivity contribution >= 4 is 41.5 Å². The van der Waals surface area contributed by atoms with Crippen LogP contribution in [0.5, 0.6) is 0 Å². The van der Waals surface area contributed by atoms with E-state index in [0.717, 1.165) is 23.9 Å². The van der Waals surface area contributed by atoms with Crippen molar-refractivity contribution in [2.45, 2.75) is 19.6 Å². The smallest absolute Gasteiger partial charge is 0.194 e. The van der Waals surface area contributed by atoms with Crippen molar-refractivity contribution in [3.63, 3.8) is 0 Å². The molecule has 0 aliphatic carbocycles. The Hall–Kier alpha value is -1.39. The summed E-state index contributed by atoms with van der Waals surface area (Å²) in [4.78, 5) is 11.0. The number of hydrogen-bond donors (Lipinski definition) is 1. The molecule has 1 N–H and O–H groups in total. The third-order valence-corrected chi connectivity index (χ3v) is 4.03. The zero-order valence-corrected chi connectivity index (χ0v) is 18.6. The Labute approximate surface area is 176 Å². The zero-order chi connectivity index (χ0) is 18.2. The van der Waals surface area contributed by atoms with Gasteiger partial charge in [-0.1, -0.05) is 23.7 Å². The average molecular weight is 493 g/mol. The molecule has 1 aromatic heterocycles. The van der Waals surface area contributed by atoms with Crippen LogP contribution in [0.15, 0.2) is 35.6 Å². The predicted octanol–water partition coefficient (Wildman–Crippen LogP) is 2.87. The molecule has 0 amide bonds. The third kappa shape index (κ3) is 6.40. The van der Waals surface area contributed by atoms with Crippen molar-refractivity contribution in [2.24, 2.45) is 12.0 Å². The fourth-order valence-corrected chi connectivity index (χ4v) is 2.61. The number of nitrogens with zero attached hydrogens (tertiary/aromatic N) is 5. The summed E-state index contributed by atoms with van der Waals surface area (Å²) in [5, 5.41) is 8.08. The maximum atomic E-state index is 6.08. The van der Waals surface area contributed by atoms with Gasteiger partial charge in [0.15, 0.2) is 5.96 Å². The normalized spacial score (nSPS) is 12.4. The van der Waals surface area contributed by atoms with E-state index < -0.39 is 0 Å². The van der Waals surface area contributed by atoms with Crippen molar-refractivity contribution in [1.29, 1.82) is 0 Å². The lowest BCUT2D eigenvalue weighted by Gasteiger charge is -2.22. The van der Waals surface area contributed by atoms with Crippen LogP contribution < -0.4 is 5.32 Å². The van der Waals surface area contributed by atoms with Gasteiger partial charge in [-0.25, -0.2) is 4.98 Å². The van der Waals surface area contributed by atoms with E-state index >= 15 is 0 Å². The molecule has 26 heavy (non-hydrogen) atoms. The second-order valence-corrected chi connectivity index (χ2v) is 6.07. The van der Waals surface area contributed by atoms with Crippen LogP contribution in [0, 0.1) is 0 Å². The summed E-state index contributed by atoms with van der Waals surface area (Å²) in [6, 6.07) is 7.66. The lowest BCUT2D eigenvalue weighted by Crippen LogP contribution is -2.39. The van der Waals surface area contributed by atoms with Crippen LogP contribution in [0.25, 0.3) is 0 Å². The lowest BCUT2D eigenvalue weighted by molar-refractivity contribution is 0.110. The Morgan fingerprint density at radius 1 is 1.46 bits per heavy atom. The summed E-state index contributed by atoms with van der Waals surface area (Å²) in [5.74, 6) is 1.65. The van der Waals surface area contributed by atoms with Gasteiger partial charge < -0.3 is 15.0 Å². The van der Waals surface area contributed by atoms with Crippen molar-refractivity contribution < 1.29 is 4.74 Å². The summed E-state index contributed by atoms with van der Waals surface area (Å²) < 4.78 is 7.34. The number of benzene rings is 1. The second kappa shape index (κ2) is 11.3. The predicted molar refractivity (Wildman–Crippen MR) is 115 cm³/mol. The van der Waals surface area contributed by atoms with E-state index in [-0.39, 0.29) is 30.1 Å². The minimum Gasteiger partial charge on any atom is -0.375 e. The van der Waals surface area contributed by atoms with Gasteiger partial charge in [-0.15, -0.1) is 24.0 Å². The van der Waals surface area contributed by atoms with Crippen LogP contribution in [0.2, 0.25) is 5.02 Å². The van der Waals surface area contributed by atoms with Crippen molar-refractivity contribution in [2.75, 3.05) is 27.2 Å². The maximum absolute atomic E-state index is 6.08. The van der Waals surface area contributed by atoms with Crippen molar-refractivity contribution in [3.8, 4) is 0 Å². The summed E-state index contributed by atoms with van der Waals surface area (Å²) in [6.45, 7) is 3.91. The summed E-state index contributed by atoms with van der Waals surface area (Å²) >= 11 is 6.08. The lowest BCUT2D eigenvalue weighted by atomic mass is 10.1. The monoisotopic (exact) mass is 492 g/mol. The van der Waals surface area contributed by atoms with E-state index in [1.165, 1.54) is 0 Å². The number of methoxy groups -OCH3 is 1. The Morgan fingerprint density at radius 2 is 2.23 bits per heavy atom. The fourth-order valence-electron chi connectivity index (χ4n) is 2.41. The van der Waals surface area contributed by atoms with E-state index in [2.05, 4.69) is 15.4 Å². The van der Waals surface area contributed by atoms with Crippen LogP contribution >= 0.6 is 35.6 Å². The topological polar surface area (TPSA) is 67.6 Å². The molecule has 9 heteroatoms. The first-order chi connectivity index (χ1) is 12.0. The average Bonchev–Trinajstić information content (AvgIpc) is 2.99. The van der Waals surface area contributed by atoms with E-state index in [0.29, 0.717) is 18.1 Å². The number of aliphatic imine (C=N–C) groups is 1. The molecule has 2 aromatic rings. The molecule has 1 atom stereocenters. The number of aryl methyl sites for hydroxylation is 1. The van der Waals surface area contributed by atoms with E-state index in [1.54, 1.807) is 18.1 Å². The Balaban J connectivity index is 0.00000338. The molecular formula is C17H26ClIN6O. The van der Waals surface area contributed by atoms with Crippen LogP contribution in [-0.2, 0) is 18.3 Å². The molecule has 0 saturated carbocycles. The highest BCUT2D eigenvalue weighted by Crippen LogP contribution is 2.20. The maximum Gasteiger partial charge on any atom is 0.194 e. The largest absolute Gasteiger partial charge is 0.375 e. The van der Waals surface area contributed by atoms with Gasteiger partial charge in [0.2, 0.25) is 0 Å². The van der Waals surface area contributed by atoms with Crippen LogP contribution in [0.1, 0.15) is 24.4 Å². The highest BCUT2D eigenvalue weighted by Gasteiger charge is 2.14. The number of halogens is 2. The number of ether oxygens (including phenoxy) is 1. The quantitative estimate of drug-likeness (QED) is 0.366. The number of aromatic nitrogens is 3. The molecule has 2 rings (SSSR count). The number of hydrogen-bond acceptors (Lipinski definition) is 4. The molecular weight excluding hydrogens is 467 g/mol. The number of nitrogens with one attached hydrogen (secondary N) is 1. The van der Waals surface area contributed by atoms with Gasteiger partial charge in [-0.05, 0) is 24.6 Å². The molecule has 0 spiro atoms. The van der Waals surface area contributed by atoms with Gasteiger partial charge in [0.1, 0.15) is 18.3 Å². The van der Waals surface area contributed by atoms with E-state index in [4.69, 9.17) is 21.3 Å². The SMILES string of the molecule is CCNC(=NCC(OC)c1cccc(Cl)c1)N(C)Cc1ncnn1C.I. The van der Waals surface area contributed by atoms with E-state index in [1.807, 2.05) is 50.2 Å². The molecule has 1 unspecified atom stereocenters. The molecule has 0 aliphatic heterocycles. The van der Waals surface area contributed by atoms with Crippen LogP contribution in [-0.4, -0.2) is 52.9 Å². The summed E-state index contributed by atoms with van der Waals surface area (Å²) in [5.41, 5.74) is 1.01. The molecule has 0 fully saturated rings. The van der Waals surface area contributed by atoms with Gasteiger partial charge in [0.05, 0.1) is 13.1 Å². The minimum atomic E-state index is -0.157. The molecule has 0 saturated heterocycles. The van der Waals surface area contributed by atoms with Gasteiger partial charge in [-0.3, -0.25) is 9.67 Å². The van der Waals surface area contributed by atoms with Gasteiger partial charge in [0.25, 0.3) is 0 Å². The van der Waals surface area contributed by atoms with Crippen LogP contribution in [0.3, 0.4) is 0 Å². The molecule has 144 valence electrons. The Morgan fingerprint density at radius 3 is 2.81 bits per heavy atom. The third-order valence-electron chi connectivity index (χ3n) is 3.79. The Bertz CT molecular complexity index is 708. The first-order valence-corrected chi connectivity index (χ1v) is 8.53.